The predicted molar refractivity (Wildman–Crippen MR) is 101 cm³/mol. The number of likely N-dealkylation sites (tertiary alicyclic amines) is 1. The van der Waals surface area contributed by atoms with E-state index in [9.17, 15) is 14.4 Å². The van der Waals surface area contributed by atoms with Crippen LogP contribution in [0.4, 0.5) is 0 Å². The molecule has 6 heteroatoms. The lowest BCUT2D eigenvalue weighted by Gasteiger charge is -2.31. The molecule has 0 unspecified atom stereocenters. The predicted octanol–water partition coefficient (Wildman–Crippen LogP) is 2.23. The van der Waals surface area contributed by atoms with Crippen molar-refractivity contribution in [2.75, 3.05) is 19.7 Å². The summed E-state index contributed by atoms with van der Waals surface area (Å²) in [4.78, 5) is 37.3. The molecule has 2 aromatic carbocycles. The molecular formula is C21H22N2O4. The third-order valence-electron chi connectivity index (χ3n) is 4.73. The Bertz CT molecular complexity index is 818. The number of amides is 2. The number of primary amides is 1. The van der Waals surface area contributed by atoms with Crippen LogP contribution in [-0.4, -0.2) is 42.4 Å². The lowest BCUT2D eigenvalue weighted by molar-refractivity contribution is -0.137. The molecule has 1 aliphatic heterocycles. The Kier molecular flexibility index (Phi) is 5.86. The van der Waals surface area contributed by atoms with Crippen LogP contribution in [0.1, 0.15) is 23.2 Å². The van der Waals surface area contributed by atoms with Gasteiger partial charge in [0, 0.05) is 13.1 Å². The molecular weight excluding hydrogens is 344 g/mol. The van der Waals surface area contributed by atoms with Crippen molar-refractivity contribution in [2.24, 2.45) is 11.7 Å². The zero-order chi connectivity index (χ0) is 19.2. The van der Waals surface area contributed by atoms with Crippen molar-refractivity contribution in [2.45, 2.75) is 12.8 Å². The van der Waals surface area contributed by atoms with Crippen LogP contribution in [0.3, 0.4) is 0 Å². The number of hydrogen-bond acceptors (Lipinski definition) is 4. The molecule has 0 bridgehead atoms. The van der Waals surface area contributed by atoms with Crippen LogP contribution in [0.15, 0.2) is 54.6 Å². The van der Waals surface area contributed by atoms with E-state index in [-0.39, 0.29) is 25.0 Å². The molecule has 140 valence electrons. The average Bonchev–Trinajstić information content (AvgIpc) is 2.72. The summed E-state index contributed by atoms with van der Waals surface area (Å²) in [5.74, 6) is -1.59. The molecule has 1 aliphatic rings. The first-order chi connectivity index (χ1) is 13.0. The minimum absolute atomic E-state index is 0.289. The SMILES string of the molecule is NC(=O)[C@H]1CCCN(C(=O)COC(=O)c2ccc(-c3ccccc3)cc2)C1. The first-order valence-electron chi connectivity index (χ1n) is 8.94. The van der Waals surface area contributed by atoms with E-state index in [2.05, 4.69) is 0 Å². The maximum Gasteiger partial charge on any atom is 0.338 e. The Morgan fingerprint density at radius 3 is 2.33 bits per heavy atom. The molecule has 0 aromatic heterocycles. The largest absolute Gasteiger partial charge is 0.452 e. The van der Waals surface area contributed by atoms with E-state index in [1.54, 1.807) is 12.1 Å². The van der Waals surface area contributed by atoms with E-state index in [4.69, 9.17) is 10.5 Å². The average molecular weight is 366 g/mol. The molecule has 2 N–H and O–H groups in total. The van der Waals surface area contributed by atoms with Gasteiger partial charge in [-0.15, -0.1) is 0 Å². The highest BCUT2D eigenvalue weighted by Gasteiger charge is 2.27. The number of ether oxygens (including phenoxy) is 1. The molecule has 0 spiro atoms. The number of nitrogens with zero attached hydrogens (tertiary/aromatic N) is 1. The van der Waals surface area contributed by atoms with Crippen LogP contribution in [0.2, 0.25) is 0 Å². The summed E-state index contributed by atoms with van der Waals surface area (Å²) in [6, 6.07) is 16.9. The molecule has 0 saturated carbocycles. The fourth-order valence-electron chi connectivity index (χ4n) is 3.17. The minimum atomic E-state index is -0.550. The van der Waals surface area contributed by atoms with E-state index < -0.39 is 11.9 Å². The summed E-state index contributed by atoms with van der Waals surface area (Å²) in [7, 11) is 0. The van der Waals surface area contributed by atoms with Crippen LogP contribution in [0.5, 0.6) is 0 Å². The lowest BCUT2D eigenvalue weighted by Crippen LogP contribution is -2.45. The van der Waals surface area contributed by atoms with Crippen LogP contribution >= 0.6 is 0 Å². The molecule has 27 heavy (non-hydrogen) atoms. The van der Waals surface area contributed by atoms with Crippen LogP contribution in [0.25, 0.3) is 11.1 Å². The third-order valence-corrected chi connectivity index (χ3v) is 4.73. The molecule has 2 aromatic rings. The van der Waals surface area contributed by atoms with Gasteiger partial charge in [0.25, 0.3) is 5.91 Å². The first-order valence-corrected chi connectivity index (χ1v) is 8.94. The summed E-state index contributed by atoms with van der Waals surface area (Å²) in [5.41, 5.74) is 7.76. The maximum absolute atomic E-state index is 12.2. The Labute approximate surface area is 157 Å². The van der Waals surface area contributed by atoms with E-state index >= 15 is 0 Å². The minimum Gasteiger partial charge on any atom is -0.452 e. The van der Waals surface area contributed by atoms with Crippen LogP contribution < -0.4 is 5.73 Å². The van der Waals surface area contributed by atoms with E-state index in [0.29, 0.717) is 24.9 Å². The van der Waals surface area contributed by atoms with Crippen molar-refractivity contribution >= 4 is 17.8 Å². The highest BCUT2D eigenvalue weighted by atomic mass is 16.5. The van der Waals surface area contributed by atoms with Crippen molar-refractivity contribution in [3.63, 3.8) is 0 Å². The monoisotopic (exact) mass is 366 g/mol. The van der Waals surface area contributed by atoms with Gasteiger partial charge in [-0.25, -0.2) is 4.79 Å². The second kappa shape index (κ2) is 8.49. The first kappa shape index (κ1) is 18.6. The second-order valence-electron chi connectivity index (χ2n) is 6.60. The number of nitrogens with two attached hydrogens (primary N) is 1. The van der Waals surface area contributed by atoms with Gasteiger partial charge in [0.15, 0.2) is 6.61 Å². The highest BCUT2D eigenvalue weighted by molar-refractivity contribution is 5.92. The summed E-state index contributed by atoms with van der Waals surface area (Å²) in [6.45, 7) is 0.494. The van der Waals surface area contributed by atoms with Crippen LogP contribution in [-0.2, 0) is 14.3 Å². The van der Waals surface area contributed by atoms with Gasteiger partial charge in [-0.2, -0.15) is 0 Å². The lowest BCUT2D eigenvalue weighted by atomic mass is 9.97. The van der Waals surface area contributed by atoms with Crippen LogP contribution in [0, 0.1) is 5.92 Å². The summed E-state index contributed by atoms with van der Waals surface area (Å²) >= 11 is 0. The topological polar surface area (TPSA) is 89.7 Å². The zero-order valence-electron chi connectivity index (χ0n) is 15.0. The number of rotatable bonds is 5. The number of benzene rings is 2. The fourth-order valence-corrected chi connectivity index (χ4v) is 3.17. The Hall–Kier alpha value is -3.15. The molecule has 1 fully saturated rings. The molecule has 3 rings (SSSR count). The second-order valence-corrected chi connectivity index (χ2v) is 6.60. The van der Waals surface area contributed by atoms with Crippen molar-refractivity contribution in [3.8, 4) is 11.1 Å². The van der Waals surface area contributed by atoms with Crippen molar-refractivity contribution in [3.05, 3.63) is 60.2 Å². The smallest absolute Gasteiger partial charge is 0.338 e. The highest BCUT2D eigenvalue weighted by Crippen LogP contribution is 2.20. The summed E-state index contributed by atoms with van der Waals surface area (Å²) in [6.07, 6.45) is 1.40. The summed E-state index contributed by atoms with van der Waals surface area (Å²) in [5, 5.41) is 0. The van der Waals surface area contributed by atoms with Gasteiger partial charge in [-0.3, -0.25) is 9.59 Å². The van der Waals surface area contributed by atoms with Gasteiger partial charge in [-0.05, 0) is 36.1 Å². The van der Waals surface area contributed by atoms with Crippen molar-refractivity contribution in [1.82, 2.24) is 4.90 Å². The van der Waals surface area contributed by atoms with E-state index in [1.807, 2.05) is 42.5 Å². The van der Waals surface area contributed by atoms with Gasteiger partial charge in [0.2, 0.25) is 5.91 Å². The van der Waals surface area contributed by atoms with Crippen molar-refractivity contribution < 1.29 is 19.1 Å². The van der Waals surface area contributed by atoms with Gasteiger partial charge in [0.05, 0.1) is 11.5 Å². The third kappa shape index (κ3) is 4.73. The summed E-state index contributed by atoms with van der Waals surface area (Å²) < 4.78 is 5.14. The quantitative estimate of drug-likeness (QED) is 0.822. The molecule has 1 atom stereocenters. The normalized spacial score (nSPS) is 16.6. The standard InChI is InChI=1S/C21H22N2O4/c22-20(25)18-7-4-12-23(13-18)19(24)14-27-21(26)17-10-8-16(9-11-17)15-5-2-1-3-6-15/h1-3,5-6,8-11,18H,4,7,12-14H2,(H2,22,25)/t18-/m0/s1. The molecule has 0 radical (unpaired) electrons. The number of carbonyl (C=O) groups is 3. The molecule has 6 nitrogen and oxygen atoms in total. The van der Waals surface area contributed by atoms with Crippen molar-refractivity contribution in [1.29, 1.82) is 0 Å². The maximum atomic E-state index is 12.2. The molecule has 0 aliphatic carbocycles. The van der Waals surface area contributed by atoms with E-state index in [1.165, 1.54) is 4.90 Å². The number of esters is 1. The molecule has 1 saturated heterocycles. The Morgan fingerprint density at radius 1 is 1.00 bits per heavy atom. The Balaban J connectivity index is 1.54. The molecule has 1 heterocycles. The van der Waals surface area contributed by atoms with Gasteiger partial charge < -0.3 is 15.4 Å². The van der Waals surface area contributed by atoms with Gasteiger partial charge >= 0.3 is 5.97 Å². The fraction of sp³-hybridized carbons (Fsp3) is 0.286. The van der Waals surface area contributed by atoms with Gasteiger partial charge in [-0.1, -0.05) is 42.5 Å². The number of piperidine rings is 1. The Morgan fingerprint density at radius 2 is 1.67 bits per heavy atom. The van der Waals surface area contributed by atoms with Gasteiger partial charge in [0.1, 0.15) is 0 Å². The molecule has 2 amide bonds. The zero-order valence-corrected chi connectivity index (χ0v) is 15.0. The van der Waals surface area contributed by atoms with E-state index in [0.717, 1.165) is 11.1 Å². The number of hydrogen-bond donors (Lipinski definition) is 1. The number of carbonyl (C=O) groups excluding carboxylic acids is 3.